The molecule has 4 atom stereocenters. The highest BCUT2D eigenvalue weighted by Gasteiger charge is 2.45. The number of ether oxygens (including phenoxy) is 3. The Morgan fingerprint density at radius 1 is 0.920 bits per heavy atom. The molecule has 2 aromatic carbocycles. The summed E-state index contributed by atoms with van der Waals surface area (Å²) in [6.07, 6.45) is -2.46. The van der Waals surface area contributed by atoms with Gasteiger partial charge in [0.2, 0.25) is 0 Å². The summed E-state index contributed by atoms with van der Waals surface area (Å²) in [5.74, 6) is 0. The van der Waals surface area contributed by atoms with Gasteiger partial charge in [-0.2, -0.15) is 0 Å². The van der Waals surface area contributed by atoms with Crippen LogP contribution in [0.15, 0.2) is 60.7 Å². The standard InChI is InChI=1S/C19H21IO5/c20-25-19-17(21)18(23-12-15-9-5-2-6-10-15)16(24-19)13-22-11-14-7-3-1-4-8-14/h1-10,16-19,21H,11-13H2/t16-,17-,18-,19?/m1/s1. The summed E-state index contributed by atoms with van der Waals surface area (Å²) >= 11 is 1.73. The van der Waals surface area contributed by atoms with Crippen LogP contribution < -0.4 is 0 Å². The maximum absolute atomic E-state index is 10.4. The molecule has 1 aliphatic heterocycles. The molecule has 0 aromatic heterocycles. The second-order valence-electron chi connectivity index (χ2n) is 5.88. The Morgan fingerprint density at radius 2 is 1.52 bits per heavy atom. The molecular weight excluding hydrogens is 435 g/mol. The van der Waals surface area contributed by atoms with E-state index < -0.39 is 18.5 Å². The Hall–Kier alpha value is -1.03. The number of aliphatic hydroxyl groups is 1. The van der Waals surface area contributed by atoms with Gasteiger partial charge in [-0.15, -0.1) is 0 Å². The second kappa shape index (κ2) is 9.61. The van der Waals surface area contributed by atoms with Crippen molar-refractivity contribution in [1.82, 2.24) is 0 Å². The first-order valence-electron chi connectivity index (χ1n) is 8.16. The smallest absolute Gasteiger partial charge is 0.197 e. The molecule has 0 spiro atoms. The Labute approximate surface area is 161 Å². The average Bonchev–Trinajstić information content (AvgIpc) is 2.97. The molecule has 0 saturated carbocycles. The zero-order chi connectivity index (χ0) is 17.5. The summed E-state index contributed by atoms with van der Waals surface area (Å²) in [5.41, 5.74) is 2.13. The van der Waals surface area contributed by atoms with Crippen molar-refractivity contribution in [1.29, 1.82) is 0 Å². The maximum atomic E-state index is 10.4. The van der Waals surface area contributed by atoms with Crippen LogP contribution in [-0.4, -0.2) is 36.3 Å². The number of aliphatic hydroxyl groups excluding tert-OH is 1. The summed E-state index contributed by atoms with van der Waals surface area (Å²) in [4.78, 5) is 0. The zero-order valence-electron chi connectivity index (χ0n) is 13.7. The Bertz CT molecular complexity index is 624. The van der Waals surface area contributed by atoms with Crippen LogP contribution in [0.2, 0.25) is 0 Å². The first kappa shape index (κ1) is 18.8. The van der Waals surface area contributed by atoms with Gasteiger partial charge in [0.05, 0.1) is 19.8 Å². The third kappa shape index (κ3) is 5.22. The highest BCUT2D eigenvalue weighted by molar-refractivity contribution is 14.1. The van der Waals surface area contributed by atoms with E-state index in [1.807, 2.05) is 60.7 Å². The highest BCUT2D eigenvalue weighted by atomic mass is 127. The van der Waals surface area contributed by atoms with Gasteiger partial charge >= 0.3 is 0 Å². The quantitative estimate of drug-likeness (QED) is 0.619. The molecule has 0 radical (unpaired) electrons. The van der Waals surface area contributed by atoms with E-state index >= 15 is 0 Å². The summed E-state index contributed by atoms with van der Waals surface area (Å²) in [6.45, 7) is 1.20. The predicted molar refractivity (Wildman–Crippen MR) is 101 cm³/mol. The van der Waals surface area contributed by atoms with Gasteiger partial charge in [-0.1, -0.05) is 60.7 Å². The molecule has 0 amide bonds. The molecular formula is C19H21IO5. The fourth-order valence-electron chi connectivity index (χ4n) is 2.75. The summed E-state index contributed by atoms with van der Waals surface area (Å²) in [5, 5.41) is 10.4. The summed E-state index contributed by atoms with van der Waals surface area (Å²) < 4.78 is 22.6. The van der Waals surface area contributed by atoms with E-state index in [0.29, 0.717) is 19.8 Å². The molecule has 5 nitrogen and oxygen atoms in total. The van der Waals surface area contributed by atoms with Crippen LogP contribution in [0.1, 0.15) is 11.1 Å². The molecule has 0 bridgehead atoms. The van der Waals surface area contributed by atoms with Crippen LogP contribution in [0, 0.1) is 0 Å². The van der Waals surface area contributed by atoms with Crippen LogP contribution in [0.4, 0.5) is 0 Å². The van der Waals surface area contributed by atoms with Gasteiger partial charge in [-0.05, 0) is 11.1 Å². The third-order valence-corrected chi connectivity index (χ3v) is 4.56. The molecule has 3 rings (SSSR count). The third-order valence-electron chi connectivity index (χ3n) is 4.06. The molecule has 1 heterocycles. The topological polar surface area (TPSA) is 57.2 Å². The molecule has 1 fully saturated rings. The molecule has 0 aliphatic carbocycles. The first-order chi connectivity index (χ1) is 12.3. The SMILES string of the molecule is O[C@H]1C(OI)O[C@H](COCc2ccccc2)[C@H]1OCc1ccccc1. The minimum absolute atomic E-state index is 0.321. The number of hydrogen-bond donors (Lipinski definition) is 1. The molecule has 6 heteroatoms. The van der Waals surface area contributed by atoms with E-state index in [2.05, 4.69) is 0 Å². The normalized spacial score (nSPS) is 26.0. The Balaban J connectivity index is 1.55. The van der Waals surface area contributed by atoms with Gasteiger partial charge in [0.1, 0.15) is 41.3 Å². The molecule has 2 aromatic rings. The maximum Gasteiger partial charge on any atom is 0.197 e. The number of rotatable bonds is 8. The minimum atomic E-state index is -0.856. The Morgan fingerprint density at radius 3 is 2.12 bits per heavy atom. The average molecular weight is 456 g/mol. The van der Waals surface area contributed by atoms with Crippen LogP contribution in [0.3, 0.4) is 0 Å². The summed E-state index contributed by atoms with van der Waals surface area (Å²) in [6, 6.07) is 19.8. The van der Waals surface area contributed by atoms with Crippen molar-refractivity contribution in [3.05, 3.63) is 71.8 Å². The molecule has 1 saturated heterocycles. The van der Waals surface area contributed by atoms with E-state index in [-0.39, 0.29) is 6.10 Å². The van der Waals surface area contributed by atoms with Crippen LogP contribution in [-0.2, 0) is 30.5 Å². The van der Waals surface area contributed by atoms with Gasteiger partial charge in [0.15, 0.2) is 6.29 Å². The van der Waals surface area contributed by atoms with Crippen LogP contribution in [0.25, 0.3) is 0 Å². The number of benzene rings is 2. The van der Waals surface area contributed by atoms with Gasteiger partial charge in [-0.3, -0.25) is 3.07 Å². The first-order valence-corrected chi connectivity index (χ1v) is 9.04. The fraction of sp³-hybridized carbons (Fsp3) is 0.368. The van der Waals surface area contributed by atoms with Crippen molar-refractivity contribution in [3.8, 4) is 0 Å². The molecule has 1 aliphatic rings. The largest absolute Gasteiger partial charge is 0.385 e. The predicted octanol–water partition coefficient (Wildman–Crippen LogP) is 3.24. The van der Waals surface area contributed by atoms with E-state index in [1.165, 1.54) is 0 Å². The highest BCUT2D eigenvalue weighted by Crippen LogP contribution is 2.27. The van der Waals surface area contributed by atoms with Gasteiger partial charge in [0.25, 0.3) is 0 Å². The number of halogens is 1. The molecule has 134 valence electrons. The van der Waals surface area contributed by atoms with E-state index in [1.54, 1.807) is 23.0 Å². The van der Waals surface area contributed by atoms with Gasteiger partial charge in [0, 0.05) is 0 Å². The van der Waals surface area contributed by atoms with Crippen LogP contribution in [0.5, 0.6) is 0 Å². The zero-order valence-corrected chi connectivity index (χ0v) is 15.8. The number of hydrogen-bond acceptors (Lipinski definition) is 5. The van der Waals surface area contributed by atoms with Crippen LogP contribution >= 0.6 is 23.0 Å². The second-order valence-corrected chi connectivity index (χ2v) is 6.39. The lowest BCUT2D eigenvalue weighted by Gasteiger charge is -2.20. The van der Waals surface area contributed by atoms with Crippen molar-refractivity contribution in [2.75, 3.05) is 6.61 Å². The lowest BCUT2D eigenvalue weighted by Crippen LogP contribution is -2.37. The molecule has 1 N–H and O–H groups in total. The fourth-order valence-corrected chi connectivity index (χ4v) is 3.17. The van der Waals surface area contributed by atoms with Crippen molar-refractivity contribution in [3.63, 3.8) is 0 Å². The van der Waals surface area contributed by atoms with Gasteiger partial charge < -0.3 is 19.3 Å². The lowest BCUT2D eigenvalue weighted by atomic mass is 10.1. The van der Waals surface area contributed by atoms with Crippen molar-refractivity contribution < 1.29 is 22.4 Å². The van der Waals surface area contributed by atoms with E-state index in [4.69, 9.17) is 17.3 Å². The summed E-state index contributed by atoms with van der Waals surface area (Å²) in [7, 11) is 0. The van der Waals surface area contributed by atoms with E-state index in [9.17, 15) is 5.11 Å². The van der Waals surface area contributed by atoms with Crippen molar-refractivity contribution in [2.24, 2.45) is 0 Å². The van der Waals surface area contributed by atoms with Crippen molar-refractivity contribution >= 4 is 23.0 Å². The molecule has 25 heavy (non-hydrogen) atoms. The Kier molecular flexibility index (Phi) is 7.21. The van der Waals surface area contributed by atoms with Crippen molar-refractivity contribution in [2.45, 2.75) is 37.8 Å². The minimum Gasteiger partial charge on any atom is -0.385 e. The van der Waals surface area contributed by atoms with E-state index in [0.717, 1.165) is 11.1 Å². The van der Waals surface area contributed by atoms with Gasteiger partial charge in [-0.25, -0.2) is 0 Å². The monoisotopic (exact) mass is 456 g/mol. The lowest BCUT2D eigenvalue weighted by molar-refractivity contribution is -0.106. The molecule has 1 unspecified atom stereocenters.